The number of aromatic nitrogens is 4. The number of carbonyl (C=O) groups excluding carboxylic acids is 2. The van der Waals surface area contributed by atoms with Crippen LogP contribution in [-0.4, -0.2) is 53.4 Å². The van der Waals surface area contributed by atoms with E-state index in [9.17, 15) is 9.59 Å². The Morgan fingerprint density at radius 3 is 2.20 bits per heavy atom. The molecular formula is C33H30N6O5S. The molecule has 0 radical (unpaired) electrons. The third kappa shape index (κ3) is 7.67. The van der Waals surface area contributed by atoms with Gasteiger partial charge in [-0.1, -0.05) is 42.5 Å². The molecule has 0 spiro atoms. The number of nitrogens with one attached hydrogen (secondary N) is 2. The van der Waals surface area contributed by atoms with Crippen LogP contribution in [0.15, 0.2) is 108 Å². The first-order valence-corrected chi connectivity index (χ1v) is 14.7. The second-order valence-corrected chi connectivity index (χ2v) is 10.5. The molecule has 11 nitrogen and oxygen atoms in total. The van der Waals surface area contributed by atoms with Gasteiger partial charge in [0.2, 0.25) is 5.75 Å². The Balaban J connectivity index is 1.38. The number of anilines is 1. The first-order valence-electron chi connectivity index (χ1n) is 13.7. The zero-order chi connectivity index (χ0) is 31.6. The van der Waals surface area contributed by atoms with E-state index in [2.05, 4.69) is 26.2 Å². The van der Waals surface area contributed by atoms with Crippen molar-refractivity contribution in [3.8, 4) is 22.9 Å². The van der Waals surface area contributed by atoms with Gasteiger partial charge in [0, 0.05) is 16.1 Å². The van der Waals surface area contributed by atoms with E-state index >= 15 is 0 Å². The minimum atomic E-state index is -0.525. The summed E-state index contributed by atoms with van der Waals surface area (Å²) in [4.78, 5) is 27.7. The molecule has 12 heteroatoms. The minimum Gasteiger partial charge on any atom is -0.493 e. The predicted octanol–water partition coefficient (Wildman–Crippen LogP) is 5.39. The maximum Gasteiger partial charge on any atom is 0.272 e. The normalized spacial score (nSPS) is 11.0. The number of thioether (sulfide) groups is 1. The molecule has 1 heterocycles. The van der Waals surface area contributed by atoms with Crippen molar-refractivity contribution < 1.29 is 23.8 Å². The van der Waals surface area contributed by atoms with Gasteiger partial charge in [-0.05, 0) is 76.7 Å². The van der Waals surface area contributed by atoms with E-state index in [0.717, 1.165) is 10.6 Å². The molecular weight excluding hydrogens is 592 g/mol. The average Bonchev–Trinajstić information content (AvgIpc) is 3.56. The molecule has 5 aromatic rings. The number of hydrogen-bond donors (Lipinski definition) is 2. The number of hydrogen-bond acceptors (Lipinski definition) is 9. The Morgan fingerprint density at radius 1 is 0.844 bits per heavy atom. The lowest BCUT2D eigenvalue weighted by atomic mass is 10.1. The van der Waals surface area contributed by atoms with Crippen LogP contribution >= 0.6 is 11.8 Å². The van der Waals surface area contributed by atoms with Crippen LogP contribution in [0.1, 0.15) is 21.7 Å². The Kier molecular flexibility index (Phi) is 10.1. The summed E-state index contributed by atoms with van der Waals surface area (Å²) in [5.74, 6) is 1.43. The highest BCUT2D eigenvalue weighted by Crippen LogP contribution is 2.38. The molecule has 45 heavy (non-hydrogen) atoms. The molecule has 5 rings (SSSR count). The Morgan fingerprint density at radius 2 is 1.53 bits per heavy atom. The number of methoxy groups -OCH3 is 3. The average molecular weight is 623 g/mol. The molecule has 228 valence electrons. The lowest BCUT2D eigenvalue weighted by molar-refractivity contribution is -0.113. The number of nitrogens with zero attached hydrogens (tertiary/aromatic N) is 4. The summed E-state index contributed by atoms with van der Waals surface area (Å²) >= 11 is 1.52. The number of rotatable bonds is 12. The van der Waals surface area contributed by atoms with E-state index in [1.54, 1.807) is 53.2 Å². The molecule has 0 saturated carbocycles. The van der Waals surface area contributed by atoms with Gasteiger partial charge in [-0.25, -0.2) is 0 Å². The maximum absolute atomic E-state index is 13.7. The van der Waals surface area contributed by atoms with Crippen LogP contribution in [0, 0.1) is 0 Å². The van der Waals surface area contributed by atoms with Crippen molar-refractivity contribution in [1.29, 1.82) is 0 Å². The van der Waals surface area contributed by atoms with Gasteiger partial charge in [0.15, 0.2) is 17.3 Å². The summed E-state index contributed by atoms with van der Waals surface area (Å²) in [5, 5.41) is 17.8. The lowest BCUT2D eigenvalue weighted by Gasteiger charge is -2.15. The van der Waals surface area contributed by atoms with Gasteiger partial charge in [0.05, 0.1) is 32.8 Å². The van der Waals surface area contributed by atoms with E-state index < -0.39 is 11.8 Å². The number of benzene rings is 4. The van der Waals surface area contributed by atoms with Crippen molar-refractivity contribution in [2.24, 2.45) is 0 Å². The van der Waals surface area contributed by atoms with E-state index in [4.69, 9.17) is 14.2 Å². The third-order valence-electron chi connectivity index (χ3n) is 6.52. The molecule has 2 N–H and O–H groups in total. The topological polar surface area (TPSA) is 129 Å². The highest BCUT2D eigenvalue weighted by atomic mass is 32.2. The molecule has 0 fully saturated rings. The highest BCUT2D eigenvalue weighted by molar-refractivity contribution is 7.98. The first kappa shape index (κ1) is 30.8. The van der Waals surface area contributed by atoms with Crippen LogP contribution in [0.2, 0.25) is 0 Å². The van der Waals surface area contributed by atoms with Gasteiger partial charge in [-0.15, -0.1) is 16.9 Å². The van der Waals surface area contributed by atoms with E-state index in [-0.39, 0.29) is 5.70 Å². The van der Waals surface area contributed by atoms with Crippen molar-refractivity contribution >= 4 is 35.3 Å². The summed E-state index contributed by atoms with van der Waals surface area (Å²) in [6, 6.07) is 29.0. The molecule has 0 aliphatic carbocycles. The standard InChI is InChI=1S/C33H30N6O5S/c1-42-28-18-22(19-29(43-2)31(28)44-3)17-27(35-32(40)23-11-6-4-7-12-23)33(41)34-24-13-10-16-26(20-24)45-21-30-36-37-38-39(30)25-14-8-5-9-15-25/h4-20H,21H2,1-3H3,(H,34,41)(H,35,40)/b27-17+. The fourth-order valence-electron chi connectivity index (χ4n) is 4.37. The zero-order valence-electron chi connectivity index (χ0n) is 24.8. The second kappa shape index (κ2) is 14.7. The maximum atomic E-state index is 13.7. The van der Waals surface area contributed by atoms with E-state index in [0.29, 0.717) is 45.6 Å². The lowest BCUT2D eigenvalue weighted by Crippen LogP contribution is -2.30. The largest absolute Gasteiger partial charge is 0.493 e. The molecule has 0 aliphatic rings. The van der Waals surface area contributed by atoms with Crippen LogP contribution in [0.3, 0.4) is 0 Å². The summed E-state index contributed by atoms with van der Waals surface area (Å²) < 4.78 is 18.0. The van der Waals surface area contributed by atoms with Gasteiger partial charge in [0.25, 0.3) is 11.8 Å². The number of tetrazole rings is 1. The van der Waals surface area contributed by atoms with Gasteiger partial charge in [0.1, 0.15) is 5.70 Å². The predicted molar refractivity (Wildman–Crippen MR) is 172 cm³/mol. The minimum absolute atomic E-state index is 0.0122. The van der Waals surface area contributed by atoms with Crippen molar-refractivity contribution in [1.82, 2.24) is 25.5 Å². The van der Waals surface area contributed by atoms with Gasteiger partial charge >= 0.3 is 0 Å². The van der Waals surface area contributed by atoms with Crippen LogP contribution in [0.25, 0.3) is 11.8 Å². The van der Waals surface area contributed by atoms with Crippen LogP contribution in [0.4, 0.5) is 5.69 Å². The van der Waals surface area contributed by atoms with Gasteiger partial charge < -0.3 is 24.8 Å². The Labute approximate surface area is 264 Å². The summed E-state index contributed by atoms with van der Waals surface area (Å²) in [6.45, 7) is 0. The van der Waals surface area contributed by atoms with Crippen molar-refractivity contribution in [2.45, 2.75) is 10.6 Å². The summed E-state index contributed by atoms with van der Waals surface area (Å²) in [5.41, 5.74) is 2.36. The molecule has 0 unspecified atom stereocenters. The van der Waals surface area contributed by atoms with Gasteiger partial charge in [-0.3, -0.25) is 9.59 Å². The zero-order valence-corrected chi connectivity index (χ0v) is 25.6. The number of carbonyl (C=O) groups is 2. The SMILES string of the molecule is COc1cc(/C=C(/NC(=O)c2ccccc2)C(=O)Nc2cccc(SCc3nnnn3-c3ccccc3)c2)cc(OC)c1OC. The quantitative estimate of drug-likeness (QED) is 0.139. The van der Waals surface area contributed by atoms with Crippen LogP contribution in [-0.2, 0) is 10.5 Å². The van der Waals surface area contributed by atoms with Crippen molar-refractivity contribution in [3.63, 3.8) is 0 Å². The molecule has 1 aromatic heterocycles. The van der Waals surface area contributed by atoms with Gasteiger partial charge in [-0.2, -0.15) is 4.68 Å². The van der Waals surface area contributed by atoms with E-state index in [1.165, 1.54) is 33.1 Å². The smallest absolute Gasteiger partial charge is 0.272 e. The monoisotopic (exact) mass is 622 g/mol. The Hall–Kier alpha value is -5.62. The molecule has 4 aromatic carbocycles. The number of ether oxygens (including phenoxy) is 3. The van der Waals surface area contributed by atoms with Crippen LogP contribution < -0.4 is 24.8 Å². The molecule has 2 amide bonds. The molecule has 0 atom stereocenters. The third-order valence-corrected chi connectivity index (χ3v) is 7.51. The summed E-state index contributed by atoms with van der Waals surface area (Å²) in [6.07, 6.45) is 1.54. The fourth-order valence-corrected chi connectivity index (χ4v) is 5.23. The highest BCUT2D eigenvalue weighted by Gasteiger charge is 2.18. The van der Waals surface area contributed by atoms with Crippen LogP contribution in [0.5, 0.6) is 17.2 Å². The second-order valence-electron chi connectivity index (χ2n) is 9.45. The summed E-state index contributed by atoms with van der Waals surface area (Å²) in [7, 11) is 4.51. The van der Waals surface area contributed by atoms with E-state index in [1.807, 2.05) is 54.6 Å². The molecule has 0 bridgehead atoms. The molecule has 0 aliphatic heterocycles. The fraction of sp³-hybridized carbons (Fsp3) is 0.121. The Bertz CT molecular complexity index is 1790. The molecule has 0 saturated heterocycles. The van der Waals surface area contributed by atoms with Crippen molar-refractivity contribution in [2.75, 3.05) is 26.6 Å². The number of para-hydroxylation sites is 1. The number of amides is 2. The van der Waals surface area contributed by atoms with Crippen molar-refractivity contribution in [3.05, 3.63) is 120 Å². The first-order chi connectivity index (χ1) is 22.0.